The van der Waals surface area contributed by atoms with Crippen LogP contribution >= 0.6 is 11.3 Å². The summed E-state index contributed by atoms with van der Waals surface area (Å²) in [4.78, 5) is 33.2. The van der Waals surface area contributed by atoms with Crippen molar-refractivity contribution in [2.24, 2.45) is 0 Å². The van der Waals surface area contributed by atoms with E-state index in [1.54, 1.807) is 31.0 Å². The molecule has 2 aromatic carbocycles. The average molecular weight is 500 g/mol. The number of nitrogens with one attached hydrogen (secondary N) is 3. The Hall–Kier alpha value is -4.64. The van der Waals surface area contributed by atoms with Gasteiger partial charge in [-0.05, 0) is 42.3 Å². The summed E-state index contributed by atoms with van der Waals surface area (Å²) >= 11 is 1.43. The Kier molecular flexibility index (Phi) is 5.58. The first-order valence-electron chi connectivity index (χ1n) is 11.2. The summed E-state index contributed by atoms with van der Waals surface area (Å²) in [6.45, 7) is 0.495. The van der Waals surface area contributed by atoms with Crippen molar-refractivity contribution in [3.8, 4) is 22.9 Å². The summed E-state index contributed by atoms with van der Waals surface area (Å²) in [7, 11) is 1.59. The number of benzene rings is 2. The number of thiazole rings is 1. The van der Waals surface area contributed by atoms with Crippen molar-refractivity contribution in [3.05, 3.63) is 77.6 Å². The number of fused-ring (bicyclic) bond motifs is 1. The maximum Gasteiger partial charge on any atom is 0.251 e. The van der Waals surface area contributed by atoms with Crippen LogP contribution in [-0.2, 0) is 0 Å². The van der Waals surface area contributed by atoms with E-state index in [4.69, 9.17) is 14.6 Å². The molecule has 1 amide bonds. The summed E-state index contributed by atoms with van der Waals surface area (Å²) in [5.41, 5.74) is 8.61. The number of hydroxylamine groups is 1. The molecule has 7 aliphatic heterocycles. The molecule has 0 atom stereocenters. The number of methoxy groups -OCH3 is 1. The van der Waals surface area contributed by atoms with Crippen LogP contribution in [0.5, 0.6) is 11.5 Å². The van der Waals surface area contributed by atoms with Crippen LogP contribution in [0.25, 0.3) is 21.7 Å². The molecule has 0 unspecified atom stereocenters. The molecule has 10 nitrogen and oxygen atoms in total. The molecule has 8 bridgehead atoms. The number of hydrogen-bond acceptors (Lipinski definition) is 10. The van der Waals surface area contributed by atoms with Crippen LogP contribution < -0.4 is 25.6 Å². The van der Waals surface area contributed by atoms with E-state index in [0.29, 0.717) is 47.2 Å². The van der Waals surface area contributed by atoms with E-state index in [1.807, 2.05) is 42.6 Å². The van der Waals surface area contributed by atoms with Crippen molar-refractivity contribution in [1.29, 1.82) is 0 Å². The number of hydrazine groups is 1. The van der Waals surface area contributed by atoms with Gasteiger partial charge in [0.05, 0.1) is 18.8 Å². The summed E-state index contributed by atoms with van der Waals surface area (Å²) < 4.78 is 5.58. The SMILES string of the molecule is COc1cc2ccc1ON1C=CC(=CN1)CCNC(=O)c1ccc(cc1)-c1nc(c3ncsc3n1)N2. The fraction of sp³-hybridized carbons (Fsp3) is 0.120. The van der Waals surface area contributed by atoms with Crippen molar-refractivity contribution < 1.29 is 14.4 Å². The number of allylic oxidation sites excluding steroid dienone is 1. The minimum Gasteiger partial charge on any atom is -0.493 e. The topological polar surface area (TPSA) is 114 Å². The molecule has 0 saturated heterocycles. The number of carbonyl (C=O) groups is 1. The maximum absolute atomic E-state index is 12.6. The number of anilines is 2. The van der Waals surface area contributed by atoms with Gasteiger partial charge in [-0.15, -0.1) is 16.5 Å². The van der Waals surface area contributed by atoms with Gasteiger partial charge in [-0.2, -0.15) is 0 Å². The zero-order valence-electron chi connectivity index (χ0n) is 19.2. The Morgan fingerprint density at radius 1 is 1.11 bits per heavy atom. The lowest BCUT2D eigenvalue weighted by Gasteiger charge is -2.24. The summed E-state index contributed by atoms with van der Waals surface area (Å²) in [5.74, 6) is 2.03. The maximum atomic E-state index is 12.6. The fourth-order valence-electron chi connectivity index (χ4n) is 3.85. The number of aromatic nitrogens is 3. The fourth-order valence-corrected chi connectivity index (χ4v) is 4.51. The van der Waals surface area contributed by atoms with Crippen molar-refractivity contribution in [2.45, 2.75) is 6.42 Å². The highest BCUT2D eigenvalue weighted by atomic mass is 32.1. The average Bonchev–Trinajstić information content (AvgIpc) is 3.39. The second-order valence-electron chi connectivity index (χ2n) is 8.06. The number of rotatable bonds is 1. The molecule has 11 rings (SSSR count). The van der Waals surface area contributed by atoms with Crippen LogP contribution in [0.1, 0.15) is 16.8 Å². The van der Waals surface area contributed by atoms with E-state index in [0.717, 1.165) is 21.7 Å². The monoisotopic (exact) mass is 499 g/mol. The number of carbonyl (C=O) groups excluding carboxylic acids is 1. The Morgan fingerprint density at radius 2 is 1.97 bits per heavy atom. The quantitative estimate of drug-likeness (QED) is 0.355. The Bertz CT molecular complexity index is 1510. The number of ether oxygens (including phenoxy) is 1. The largest absolute Gasteiger partial charge is 0.493 e. The Morgan fingerprint density at radius 3 is 2.78 bits per heavy atom. The molecule has 180 valence electrons. The third-order valence-corrected chi connectivity index (χ3v) is 6.45. The zero-order chi connectivity index (χ0) is 24.5. The van der Waals surface area contributed by atoms with Crippen LogP contribution in [-0.4, -0.2) is 39.7 Å². The Labute approximate surface area is 210 Å². The highest BCUT2D eigenvalue weighted by Gasteiger charge is 2.16. The number of nitrogens with zero attached hydrogens (tertiary/aromatic N) is 4. The lowest BCUT2D eigenvalue weighted by atomic mass is 10.1. The van der Waals surface area contributed by atoms with Gasteiger partial charge in [0.2, 0.25) is 0 Å². The highest BCUT2D eigenvalue weighted by Crippen LogP contribution is 2.34. The molecular weight excluding hydrogens is 478 g/mol. The van der Waals surface area contributed by atoms with E-state index in [1.165, 1.54) is 16.5 Å². The molecule has 2 aromatic heterocycles. The van der Waals surface area contributed by atoms with Gasteiger partial charge in [-0.25, -0.2) is 15.0 Å². The summed E-state index contributed by atoms with van der Waals surface area (Å²) in [6, 6.07) is 12.8. The molecule has 36 heavy (non-hydrogen) atoms. The van der Waals surface area contributed by atoms with Gasteiger partial charge < -0.3 is 20.2 Å². The van der Waals surface area contributed by atoms with Crippen LogP contribution in [0.4, 0.5) is 11.5 Å². The van der Waals surface area contributed by atoms with Gasteiger partial charge in [0.15, 0.2) is 23.1 Å². The second kappa shape index (κ2) is 9.19. The van der Waals surface area contributed by atoms with Crippen LogP contribution in [0.2, 0.25) is 0 Å². The lowest BCUT2D eigenvalue weighted by Crippen LogP contribution is -2.35. The molecule has 0 radical (unpaired) electrons. The van der Waals surface area contributed by atoms with E-state index in [2.05, 4.69) is 26.0 Å². The van der Waals surface area contributed by atoms with Gasteiger partial charge in [-0.3, -0.25) is 10.2 Å². The second-order valence-corrected chi connectivity index (χ2v) is 8.89. The van der Waals surface area contributed by atoms with Crippen LogP contribution in [0.3, 0.4) is 0 Å². The summed E-state index contributed by atoms with van der Waals surface area (Å²) in [6.07, 6.45) is 6.19. The standard InChI is InChI=1S/C25H21N7O3S/c1-34-20-12-18-6-7-19(20)35-32-11-9-15(13-28-32)8-10-26-24(33)17-4-2-16(3-5-17)22-30-23(29-18)21-25(31-22)36-14-27-21/h2-7,9,11-14,28H,8,10H2,1H3,(H,26,33)(H,29,30,31). The smallest absolute Gasteiger partial charge is 0.251 e. The highest BCUT2D eigenvalue weighted by molar-refractivity contribution is 7.16. The van der Waals surface area contributed by atoms with Gasteiger partial charge in [0.25, 0.3) is 5.91 Å². The van der Waals surface area contributed by atoms with E-state index in [9.17, 15) is 4.79 Å². The van der Waals surface area contributed by atoms with Crippen molar-refractivity contribution >= 4 is 39.1 Å². The van der Waals surface area contributed by atoms with Gasteiger partial charge in [0, 0.05) is 35.6 Å². The van der Waals surface area contributed by atoms with Crippen molar-refractivity contribution in [2.75, 3.05) is 19.0 Å². The van der Waals surface area contributed by atoms with E-state index >= 15 is 0 Å². The molecule has 7 aliphatic rings. The molecule has 0 spiro atoms. The zero-order valence-corrected chi connectivity index (χ0v) is 20.0. The first kappa shape index (κ1) is 21.9. The van der Waals surface area contributed by atoms with E-state index in [-0.39, 0.29) is 5.91 Å². The minimum absolute atomic E-state index is 0.138. The number of hydrogen-bond donors (Lipinski definition) is 3. The molecule has 3 N–H and O–H groups in total. The third kappa shape index (κ3) is 4.27. The van der Waals surface area contributed by atoms with Gasteiger partial charge >= 0.3 is 0 Å². The predicted octanol–water partition coefficient (Wildman–Crippen LogP) is 4.15. The van der Waals surface area contributed by atoms with Gasteiger partial charge in [0.1, 0.15) is 10.3 Å². The normalized spacial score (nSPS) is 15.0. The van der Waals surface area contributed by atoms with Crippen LogP contribution in [0.15, 0.2) is 72.0 Å². The molecule has 9 heterocycles. The van der Waals surface area contributed by atoms with Crippen molar-refractivity contribution in [1.82, 2.24) is 30.9 Å². The molecule has 0 aliphatic carbocycles. The number of amides is 1. The van der Waals surface area contributed by atoms with Crippen LogP contribution in [0, 0.1) is 0 Å². The van der Waals surface area contributed by atoms with E-state index < -0.39 is 0 Å². The van der Waals surface area contributed by atoms with Gasteiger partial charge in [-0.1, -0.05) is 12.1 Å². The molecule has 11 heteroatoms. The molecular formula is C25H21N7O3S. The Balaban J connectivity index is 1.42. The lowest BCUT2D eigenvalue weighted by molar-refractivity contribution is -0.0457. The third-order valence-electron chi connectivity index (χ3n) is 5.73. The van der Waals surface area contributed by atoms with Crippen molar-refractivity contribution in [3.63, 3.8) is 0 Å². The molecule has 0 fully saturated rings. The molecule has 4 aromatic rings. The first-order valence-corrected chi connectivity index (χ1v) is 12.1. The molecule has 0 saturated carbocycles. The minimum atomic E-state index is -0.138. The summed E-state index contributed by atoms with van der Waals surface area (Å²) in [5, 5.41) is 7.78. The first-order chi connectivity index (χ1) is 17.7. The predicted molar refractivity (Wildman–Crippen MR) is 137 cm³/mol.